The van der Waals surface area contributed by atoms with Gasteiger partial charge in [-0.1, -0.05) is 30.0 Å². The number of hydrogen-bond acceptors (Lipinski definition) is 6. The molecule has 28 heavy (non-hydrogen) atoms. The summed E-state index contributed by atoms with van der Waals surface area (Å²) in [4.78, 5) is 12.8. The van der Waals surface area contributed by atoms with Crippen molar-refractivity contribution in [3.63, 3.8) is 0 Å². The van der Waals surface area contributed by atoms with E-state index < -0.39 is 21.4 Å². The molecule has 0 fully saturated rings. The van der Waals surface area contributed by atoms with Gasteiger partial charge < -0.3 is 10.7 Å². The highest BCUT2D eigenvalue weighted by Gasteiger charge is 2.41. The van der Waals surface area contributed by atoms with E-state index in [2.05, 4.69) is 15.0 Å². The largest absolute Gasteiger partial charge is 0.369 e. The van der Waals surface area contributed by atoms with Crippen LogP contribution in [0.2, 0.25) is 0 Å². The van der Waals surface area contributed by atoms with Crippen LogP contribution in [0, 0.1) is 5.82 Å². The summed E-state index contributed by atoms with van der Waals surface area (Å²) in [7, 11) is -2.36. The molecule has 3 aromatic rings. The lowest BCUT2D eigenvalue weighted by molar-refractivity contribution is 0.458. The van der Waals surface area contributed by atoms with Gasteiger partial charge in [-0.15, -0.1) is 0 Å². The summed E-state index contributed by atoms with van der Waals surface area (Å²) >= 11 is 1.42. The van der Waals surface area contributed by atoms with Gasteiger partial charge in [0.2, 0.25) is 16.0 Å². The van der Waals surface area contributed by atoms with E-state index in [0.717, 1.165) is 9.20 Å². The smallest absolute Gasteiger partial charge is 0.239 e. The standard InChI is InChI=1S/C18H18FN5O2S2/c1-18(10-28(25,26)24(2)16(20)23-18)12-8-14-15(9-13(12)19)22-17(21-14)27-11-6-4-3-5-7-11/h3-9H,10H2,1-2H3,(H2,20,23)(H,21,22)/t18-/m0/s1. The van der Waals surface area contributed by atoms with E-state index in [4.69, 9.17) is 5.73 Å². The number of nitrogens with zero attached hydrogens (tertiary/aromatic N) is 3. The SMILES string of the molecule is CN1C(N)=N[C@](C)(c2cc3[nH]c(Sc4ccccc4)nc3cc2F)CS1(=O)=O. The van der Waals surface area contributed by atoms with Crippen molar-refractivity contribution in [1.29, 1.82) is 0 Å². The number of benzene rings is 2. The van der Waals surface area contributed by atoms with Crippen LogP contribution in [0.3, 0.4) is 0 Å². The summed E-state index contributed by atoms with van der Waals surface area (Å²) in [6, 6.07) is 12.5. The summed E-state index contributed by atoms with van der Waals surface area (Å²) in [5, 5.41) is 0.613. The lowest BCUT2D eigenvalue weighted by atomic mass is 9.93. The normalized spacial score (nSPS) is 21.7. The second kappa shape index (κ2) is 6.49. The number of aliphatic imine (C=N–C) groups is 1. The molecule has 1 aliphatic heterocycles. The van der Waals surface area contributed by atoms with Gasteiger partial charge in [-0.2, -0.15) is 0 Å². The number of hydrogen-bond donors (Lipinski definition) is 2. The van der Waals surface area contributed by atoms with Crippen LogP contribution in [0.15, 0.2) is 57.5 Å². The number of fused-ring (bicyclic) bond motifs is 1. The molecule has 10 heteroatoms. The Bertz CT molecular complexity index is 1190. The monoisotopic (exact) mass is 419 g/mol. The summed E-state index contributed by atoms with van der Waals surface area (Å²) in [6.07, 6.45) is 0. The second-order valence-corrected chi connectivity index (χ2v) is 9.84. The van der Waals surface area contributed by atoms with Gasteiger partial charge in [0.15, 0.2) is 5.16 Å². The van der Waals surface area contributed by atoms with Gasteiger partial charge in [-0.05, 0) is 25.1 Å². The number of nitrogens with two attached hydrogens (primary N) is 1. The van der Waals surface area contributed by atoms with Crippen molar-refractivity contribution in [3.8, 4) is 0 Å². The molecule has 4 rings (SSSR count). The first kappa shape index (κ1) is 18.8. The molecule has 0 spiro atoms. The Morgan fingerprint density at radius 2 is 2.00 bits per heavy atom. The highest BCUT2D eigenvalue weighted by molar-refractivity contribution is 7.99. The fourth-order valence-corrected chi connectivity index (χ4v) is 5.43. The van der Waals surface area contributed by atoms with E-state index in [9.17, 15) is 12.8 Å². The number of imidazole rings is 1. The molecule has 1 aliphatic rings. The third kappa shape index (κ3) is 3.22. The van der Waals surface area contributed by atoms with Crippen LogP contribution in [0.4, 0.5) is 4.39 Å². The van der Waals surface area contributed by atoms with E-state index in [-0.39, 0.29) is 17.3 Å². The number of H-pyrrole nitrogens is 1. The molecule has 1 aromatic heterocycles. The first-order chi connectivity index (χ1) is 13.2. The maximum absolute atomic E-state index is 14.9. The van der Waals surface area contributed by atoms with Crippen molar-refractivity contribution < 1.29 is 12.8 Å². The quantitative estimate of drug-likeness (QED) is 0.679. The van der Waals surface area contributed by atoms with Crippen LogP contribution in [0.25, 0.3) is 11.0 Å². The number of rotatable bonds is 3. The summed E-state index contributed by atoms with van der Waals surface area (Å²) in [5.41, 5.74) is 5.65. The highest BCUT2D eigenvalue weighted by Crippen LogP contribution is 2.36. The summed E-state index contributed by atoms with van der Waals surface area (Å²) in [5.74, 6) is -1.12. The van der Waals surface area contributed by atoms with Gasteiger partial charge in [-0.25, -0.2) is 27.1 Å². The number of aromatic nitrogens is 2. The van der Waals surface area contributed by atoms with Crippen LogP contribution < -0.4 is 5.73 Å². The molecule has 0 bridgehead atoms. The first-order valence-corrected chi connectivity index (χ1v) is 10.9. The Kier molecular flexibility index (Phi) is 4.35. The third-order valence-electron chi connectivity index (χ3n) is 4.65. The maximum Gasteiger partial charge on any atom is 0.239 e. The third-order valence-corrected chi connectivity index (χ3v) is 7.49. The second-order valence-electron chi connectivity index (χ2n) is 6.77. The Hall–Kier alpha value is -2.59. The number of aromatic amines is 1. The number of guanidine groups is 1. The molecule has 0 unspecified atom stereocenters. The van der Waals surface area contributed by atoms with Crippen LogP contribution in [0.1, 0.15) is 12.5 Å². The van der Waals surface area contributed by atoms with Crippen molar-refractivity contribution >= 4 is 38.8 Å². The van der Waals surface area contributed by atoms with E-state index in [1.54, 1.807) is 13.0 Å². The predicted molar refractivity (Wildman–Crippen MR) is 107 cm³/mol. The zero-order valence-electron chi connectivity index (χ0n) is 15.2. The lowest BCUT2D eigenvalue weighted by Gasteiger charge is -2.34. The Morgan fingerprint density at radius 3 is 2.68 bits per heavy atom. The molecule has 146 valence electrons. The van der Waals surface area contributed by atoms with Crippen molar-refractivity contribution in [2.75, 3.05) is 12.8 Å². The Morgan fingerprint density at radius 1 is 1.29 bits per heavy atom. The van der Waals surface area contributed by atoms with E-state index in [1.807, 2.05) is 30.3 Å². The maximum atomic E-state index is 14.9. The molecule has 0 saturated heterocycles. The average molecular weight is 420 g/mol. The predicted octanol–water partition coefficient (Wildman–Crippen LogP) is 2.66. The molecule has 2 aromatic carbocycles. The average Bonchev–Trinajstić information content (AvgIpc) is 3.00. The van der Waals surface area contributed by atoms with Gasteiger partial charge in [-0.3, -0.25) is 0 Å². The number of nitrogens with one attached hydrogen (secondary N) is 1. The topological polar surface area (TPSA) is 104 Å². The minimum Gasteiger partial charge on any atom is -0.369 e. The molecule has 7 nitrogen and oxygen atoms in total. The van der Waals surface area contributed by atoms with Gasteiger partial charge in [0.05, 0.1) is 16.8 Å². The van der Waals surface area contributed by atoms with Gasteiger partial charge >= 0.3 is 0 Å². The van der Waals surface area contributed by atoms with Crippen molar-refractivity contribution in [2.45, 2.75) is 22.5 Å². The molecule has 0 aliphatic carbocycles. The van der Waals surface area contributed by atoms with Crippen LogP contribution in [-0.2, 0) is 15.6 Å². The molecular weight excluding hydrogens is 401 g/mol. The first-order valence-electron chi connectivity index (χ1n) is 8.42. The molecule has 0 amide bonds. The summed E-state index contributed by atoms with van der Waals surface area (Å²) in [6.45, 7) is 1.56. The van der Waals surface area contributed by atoms with Crippen LogP contribution >= 0.6 is 11.8 Å². The molecular formula is C18H18FN5O2S2. The van der Waals surface area contributed by atoms with Crippen LogP contribution in [-0.4, -0.2) is 41.5 Å². The van der Waals surface area contributed by atoms with Crippen LogP contribution in [0.5, 0.6) is 0 Å². The minimum atomic E-state index is -3.69. The molecule has 0 radical (unpaired) electrons. The van der Waals surface area contributed by atoms with Crippen molar-refractivity contribution in [1.82, 2.24) is 14.3 Å². The van der Waals surface area contributed by atoms with E-state index in [0.29, 0.717) is 16.2 Å². The van der Waals surface area contributed by atoms with Gasteiger partial charge in [0, 0.05) is 23.6 Å². The molecule has 3 N–H and O–H groups in total. The molecule has 2 heterocycles. The van der Waals surface area contributed by atoms with Gasteiger partial charge in [0.25, 0.3) is 0 Å². The fourth-order valence-electron chi connectivity index (χ4n) is 3.16. The highest BCUT2D eigenvalue weighted by atomic mass is 32.2. The van der Waals surface area contributed by atoms with E-state index in [1.165, 1.54) is 24.9 Å². The Labute approximate surface area is 165 Å². The Balaban J connectivity index is 1.77. The zero-order valence-corrected chi connectivity index (χ0v) is 16.8. The molecule has 0 saturated carbocycles. The van der Waals surface area contributed by atoms with Crippen molar-refractivity contribution in [3.05, 3.63) is 53.8 Å². The van der Waals surface area contributed by atoms with Gasteiger partial charge in [0.1, 0.15) is 11.4 Å². The zero-order chi connectivity index (χ0) is 20.1. The molecule has 1 atom stereocenters. The lowest BCUT2D eigenvalue weighted by Crippen LogP contribution is -2.50. The summed E-state index contributed by atoms with van der Waals surface area (Å²) < 4.78 is 40.6. The number of sulfonamides is 1. The fraction of sp³-hybridized carbons (Fsp3) is 0.222. The van der Waals surface area contributed by atoms with Crippen molar-refractivity contribution in [2.24, 2.45) is 10.7 Å². The minimum absolute atomic E-state index is 0.152. The number of halogens is 1. The van der Waals surface area contributed by atoms with E-state index >= 15 is 0 Å².